The Kier molecular flexibility index (Phi) is 9.35. The van der Waals surface area contributed by atoms with Gasteiger partial charge in [0.05, 0.1) is 46.2 Å². The molecule has 0 amide bonds. The first-order chi connectivity index (χ1) is 9.74. The van der Waals surface area contributed by atoms with Crippen LogP contribution in [0.3, 0.4) is 0 Å². The van der Waals surface area contributed by atoms with Crippen molar-refractivity contribution < 1.29 is 23.7 Å². The van der Waals surface area contributed by atoms with Gasteiger partial charge in [0.25, 0.3) is 0 Å². The number of hydrogen-bond acceptors (Lipinski definition) is 6. The zero-order valence-electron chi connectivity index (χ0n) is 11.6. The highest BCUT2D eigenvalue weighted by molar-refractivity contribution is 7.80. The zero-order valence-corrected chi connectivity index (χ0v) is 12.5. The van der Waals surface area contributed by atoms with Crippen LogP contribution in [0.25, 0.3) is 0 Å². The molecule has 0 saturated heterocycles. The van der Waals surface area contributed by atoms with E-state index in [1.54, 1.807) is 19.2 Å². The largest absolute Gasteiger partial charge is 0.618 e. The molecule has 0 aliphatic rings. The van der Waals surface area contributed by atoms with Gasteiger partial charge in [0.1, 0.15) is 0 Å². The quantitative estimate of drug-likeness (QED) is 0.284. The maximum absolute atomic E-state index is 11.3. The van der Waals surface area contributed by atoms with E-state index in [9.17, 15) is 5.21 Å². The van der Waals surface area contributed by atoms with Crippen LogP contribution in [0.2, 0.25) is 0 Å². The van der Waals surface area contributed by atoms with Crippen LogP contribution in [-0.2, 0) is 25.6 Å². The molecule has 0 N–H and O–H groups in total. The predicted octanol–water partition coefficient (Wildman–Crippen LogP) is 0.805. The Morgan fingerprint density at radius 2 is 1.60 bits per heavy atom. The third-order valence-electron chi connectivity index (χ3n) is 2.40. The van der Waals surface area contributed by atoms with Gasteiger partial charge in [-0.25, -0.2) is 0 Å². The molecule has 0 aromatic carbocycles. The van der Waals surface area contributed by atoms with E-state index in [1.807, 2.05) is 0 Å². The molecule has 114 valence electrons. The molecule has 1 rings (SSSR count). The lowest BCUT2D eigenvalue weighted by molar-refractivity contribution is -0.645. The summed E-state index contributed by atoms with van der Waals surface area (Å²) >= 11 is 3.99. The van der Waals surface area contributed by atoms with Gasteiger partial charge in [-0.05, 0) is 6.07 Å². The van der Waals surface area contributed by atoms with E-state index >= 15 is 0 Å². The molecule has 1 aromatic heterocycles. The number of nitrogens with zero attached hydrogens (tertiary/aromatic N) is 1. The number of rotatable bonds is 11. The summed E-state index contributed by atoms with van der Waals surface area (Å²) in [6.07, 6.45) is 1.45. The van der Waals surface area contributed by atoms with Gasteiger partial charge in [0.15, 0.2) is 6.20 Å². The summed E-state index contributed by atoms with van der Waals surface area (Å²) in [7, 11) is 1.63. The lowest BCUT2D eigenvalue weighted by atomic mass is 10.3. The highest BCUT2D eigenvalue weighted by Crippen LogP contribution is 2.02. The summed E-state index contributed by atoms with van der Waals surface area (Å²) in [6.45, 7) is 3.59. The average Bonchev–Trinajstić information content (AvgIpc) is 2.45. The fourth-order valence-corrected chi connectivity index (χ4v) is 1.50. The summed E-state index contributed by atoms with van der Waals surface area (Å²) in [5, 5.41) is 11.6. The van der Waals surface area contributed by atoms with Gasteiger partial charge >= 0.3 is 0 Å². The second kappa shape index (κ2) is 10.9. The van der Waals surface area contributed by atoms with Crippen molar-refractivity contribution in [1.29, 1.82) is 0 Å². The zero-order chi connectivity index (χ0) is 14.6. The molecule has 1 heterocycles. The summed E-state index contributed by atoms with van der Waals surface area (Å²) in [5.41, 5.74) is 0.806. The molecule has 7 heteroatoms. The van der Waals surface area contributed by atoms with Gasteiger partial charge in [-0.1, -0.05) is 12.6 Å². The lowest BCUT2D eigenvalue weighted by Gasteiger charge is -2.07. The molecule has 1 aromatic rings. The van der Waals surface area contributed by atoms with Crippen LogP contribution in [0.15, 0.2) is 23.4 Å². The number of hydrogen-bond donors (Lipinski definition) is 1. The molecule has 0 unspecified atom stereocenters. The first-order valence-corrected chi connectivity index (χ1v) is 6.82. The van der Waals surface area contributed by atoms with Crippen LogP contribution in [0, 0.1) is 5.21 Å². The van der Waals surface area contributed by atoms with Crippen LogP contribution in [-0.4, -0.2) is 46.8 Å². The van der Waals surface area contributed by atoms with Gasteiger partial charge in [0, 0.05) is 18.7 Å². The first kappa shape index (κ1) is 17.2. The molecule has 0 bridgehead atoms. The number of pyridine rings is 1. The molecule has 0 saturated carbocycles. The monoisotopic (exact) mass is 303 g/mol. The van der Waals surface area contributed by atoms with Crippen LogP contribution < -0.4 is 4.73 Å². The molecular formula is C13H21NO5S. The second-order valence-corrected chi connectivity index (χ2v) is 4.45. The van der Waals surface area contributed by atoms with Gasteiger partial charge < -0.3 is 24.2 Å². The molecule has 0 atom stereocenters. The van der Waals surface area contributed by atoms with E-state index in [0.717, 1.165) is 5.56 Å². The van der Waals surface area contributed by atoms with E-state index in [2.05, 4.69) is 12.6 Å². The molecule has 0 spiro atoms. The first-order valence-electron chi connectivity index (χ1n) is 6.37. The Morgan fingerprint density at radius 1 is 1.00 bits per heavy atom. The minimum atomic E-state index is 0.366. The van der Waals surface area contributed by atoms with Crippen LogP contribution in [0.4, 0.5) is 0 Å². The minimum absolute atomic E-state index is 0.366. The molecule has 0 aliphatic carbocycles. The Balaban J connectivity index is 1.95. The van der Waals surface area contributed by atoms with Crippen LogP contribution in [0.1, 0.15) is 5.56 Å². The van der Waals surface area contributed by atoms with Crippen molar-refractivity contribution in [1.82, 2.24) is 0 Å². The van der Waals surface area contributed by atoms with E-state index < -0.39 is 0 Å². The SMILES string of the molecule is COCCOCCOCCOCc1ccc(S)[n+]([O-])c1. The maximum Gasteiger partial charge on any atom is 0.248 e. The van der Waals surface area contributed by atoms with Crippen LogP contribution in [0.5, 0.6) is 0 Å². The number of methoxy groups -OCH3 is 1. The molecule has 0 radical (unpaired) electrons. The standard InChI is InChI=1S/C13H21NO5S/c1-16-4-5-17-6-7-18-8-9-19-11-12-2-3-13(20)14(15)10-12/h2-3,10,20H,4-9,11H2,1H3. The van der Waals surface area contributed by atoms with Gasteiger partial charge in [0.2, 0.25) is 5.03 Å². The highest BCUT2D eigenvalue weighted by Gasteiger charge is 2.02. The van der Waals surface area contributed by atoms with Crippen LogP contribution >= 0.6 is 12.6 Å². The Hall–Kier alpha value is -0.860. The summed E-state index contributed by atoms with van der Waals surface area (Å²) in [5.74, 6) is 0. The van der Waals surface area contributed by atoms with Crippen molar-refractivity contribution in [3.05, 3.63) is 29.1 Å². The average molecular weight is 303 g/mol. The smallest absolute Gasteiger partial charge is 0.248 e. The molecule has 0 aliphatic heterocycles. The number of aromatic nitrogens is 1. The Labute approximate surface area is 124 Å². The Morgan fingerprint density at radius 3 is 2.20 bits per heavy atom. The van der Waals surface area contributed by atoms with Gasteiger partial charge in [-0.15, -0.1) is 0 Å². The van der Waals surface area contributed by atoms with E-state index in [-0.39, 0.29) is 0 Å². The van der Waals surface area contributed by atoms with Crippen molar-refractivity contribution in [2.24, 2.45) is 0 Å². The fourth-order valence-electron chi connectivity index (χ4n) is 1.37. The Bertz CT molecular complexity index is 378. The minimum Gasteiger partial charge on any atom is -0.618 e. The van der Waals surface area contributed by atoms with E-state index in [0.29, 0.717) is 56.0 Å². The van der Waals surface area contributed by atoms with Crippen molar-refractivity contribution in [3.8, 4) is 0 Å². The third-order valence-corrected chi connectivity index (χ3v) is 2.75. The molecule has 20 heavy (non-hydrogen) atoms. The summed E-state index contributed by atoms with van der Waals surface area (Å²) < 4.78 is 21.5. The lowest BCUT2D eigenvalue weighted by Crippen LogP contribution is -2.28. The van der Waals surface area contributed by atoms with Crippen molar-refractivity contribution in [3.63, 3.8) is 0 Å². The molecule has 6 nitrogen and oxygen atoms in total. The number of thiol groups is 1. The fraction of sp³-hybridized carbons (Fsp3) is 0.615. The third kappa shape index (κ3) is 7.66. The van der Waals surface area contributed by atoms with Crippen molar-refractivity contribution in [2.75, 3.05) is 46.8 Å². The van der Waals surface area contributed by atoms with Crippen molar-refractivity contribution >= 4 is 12.6 Å². The van der Waals surface area contributed by atoms with Gasteiger partial charge in [-0.3, -0.25) is 0 Å². The topological polar surface area (TPSA) is 63.9 Å². The van der Waals surface area contributed by atoms with E-state index in [4.69, 9.17) is 18.9 Å². The highest BCUT2D eigenvalue weighted by atomic mass is 32.1. The summed E-state index contributed by atoms with van der Waals surface area (Å²) in [6, 6.07) is 3.45. The second-order valence-electron chi connectivity index (χ2n) is 3.99. The van der Waals surface area contributed by atoms with E-state index in [1.165, 1.54) is 6.20 Å². The van der Waals surface area contributed by atoms with Crippen molar-refractivity contribution in [2.45, 2.75) is 11.6 Å². The predicted molar refractivity (Wildman–Crippen MR) is 75.8 cm³/mol. The molecular weight excluding hydrogens is 282 g/mol. The normalized spacial score (nSPS) is 10.9. The molecule has 0 fully saturated rings. The maximum atomic E-state index is 11.3. The number of ether oxygens (including phenoxy) is 4. The summed E-state index contributed by atoms with van der Waals surface area (Å²) in [4.78, 5) is 0. The van der Waals surface area contributed by atoms with Gasteiger partial charge in [-0.2, -0.15) is 4.73 Å².